The van der Waals surface area contributed by atoms with Gasteiger partial charge in [0.2, 0.25) is 0 Å². The molecule has 0 bridgehead atoms. The van der Waals surface area contributed by atoms with Crippen LogP contribution in [0.25, 0.3) is 0 Å². The third kappa shape index (κ3) is 6.12. The highest BCUT2D eigenvalue weighted by atomic mass is 14.9. The summed E-state index contributed by atoms with van der Waals surface area (Å²) in [5.74, 6) is 0. The molecule has 1 nitrogen and oxygen atoms in total. The second-order valence-electron chi connectivity index (χ2n) is 7.59. The van der Waals surface area contributed by atoms with E-state index in [2.05, 4.69) is 84.3 Å². The van der Waals surface area contributed by atoms with Crippen LogP contribution >= 0.6 is 0 Å². The minimum Gasteiger partial charge on any atom is -0.359 e. The number of hydrogen-bond donors (Lipinski definition) is 1. The standard InChI is InChI=1S/C27H39N/c1-10-14-15-20(7)18-21(8)25-16-17-26(23(11-2)12-3)27(28-19(5)6)22(9)24(25)13-4/h10-11,13-14,18,28H,2,5,12,15-17H2,1,3-4,6-9H3/b14-10?,20-18+,24-13-,25-21+,26-23+. The van der Waals surface area contributed by atoms with Gasteiger partial charge in [-0.15, -0.1) is 0 Å². The summed E-state index contributed by atoms with van der Waals surface area (Å²) in [6.07, 6.45) is 15.0. The van der Waals surface area contributed by atoms with Crippen molar-refractivity contribution >= 4 is 0 Å². The Morgan fingerprint density at radius 2 is 1.75 bits per heavy atom. The molecular weight excluding hydrogens is 338 g/mol. The van der Waals surface area contributed by atoms with Gasteiger partial charge in [-0.2, -0.15) is 0 Å². The summed E-state index contributed by atoms with van der Waals surface area (Å²) in [5, 5.41) is 3.55. The SMILES string of the molecule is C=C/C(CC)=C1/CCC(=C(C)\C=C(/C)CC=CC)/C(=C\C)C(C)=C1NC(=C)C. The fourth-order valence-corrected chi connectivity index (χ4v) is 3.90. The summed E-state index contributed by atoms with van der Waals surface area (Å²) in [6.45, 7) is 23.3. The Balaban J connectivity index is 3.65. The summed E-state index contributed by atoms with van der Waals surface area (Å²) in [7, 11) is 0. The maximum absolute atomic E-state index is 4.09. The Kier molecular flexibility index (Phi) is 9.79. The molecule has 0 aromatic carbocycles. The Labute approximate surface area is 173 Å². The lowest BCUT2D eigenvalue weighted by Gasteiger charge is -2.19. The van der Waals surface area contributed by atoms with Crippen molar-refractivity contribution in [1.82, 2.24) is 5.32 Å². The van der Waals surface area contributed by atoms with Crippen LogP contribution in [0.3, 0.4) is 0 Å². The van der Waals surface area contributed by atoms with Gasteiger partial charge in [0.25, 0.3) is 0 Å². The zero-order valence-corrected chi connectivity index (χ0v) is 19.1. The smallest absolute Gasteiger partial charge is 0.0452 e. The van der Waals surface area contributed by atoms with E-state index in [0.717, 1.165) is 31.4 Å². The molecule has 0 aliphatic heterocycles. The molecule has 28 heavy (non-hydrogen) atoms. The first-order valence-electron chi connectivity index (χ1n) is 10.4. The van der Waals surface area contributed by atoms with Crippen LogP contribution in [0.2, 0.25) is 0 Å². The highest BCUT2D eigenvalue weighted by Gasteiger charge is 2.22. The van der Waals surface area contributed by atoms with E-state index in [9.17, 15) is 0 Å². The van der Waals surface area contributed by atoms with Crippen LogP contribution in [0, 0.1) is 0 Å². The van der Waals surface area contributed by atoms with Crippen LogP contribution in [0.4, 0.5) is 0 Å². The molecule has 0 aromatic heterocycles. The number of allylic oxidation sites excluding steroid dienone is 13. The summed E-state index contributed by atoms with van der Waals surface area (Å²) < 4.78 is 0. The topological polar surface area (TPSA) is 12.0 Å². The first-order chi connectivity index (χ1) is 13.3. The minimum atomic E-state index is 0.966. The highest BCUT2D eigenvalue weighted by Crippen LogP contribution is 2.38. The van der Waals surface area contributed by atoms with Gasteiger partial charge in [0.1, 0.15) is 0 Å². The quantitative estimate of drug-likeness (QED) is 0.440. The lowest BCUT2D eigenvalue weighted by atomic mass is 9.92. The number of hydrogen-bond acceptors (Lipinski definition) is 1. The van der Waals surface area contributed by atoms with Crippen molar-refractivity contribution in [1.29, 1.82) is 0 Å². The molecule has 1 heteroatoms. The van der Waals surface area contributed by atoms with E-state index >= 15 is 0 Å². The predicted octanol–water partition coefficient (Wildman–Crippen LogP) is 8.25. The summed E-state index contributed by atoms with van der Waals surface area (Å²) >= 11 is 0. The molecule has 0 radical (unpaired) electrons. The van der Waals surface area contributed by atoms with Crippen LogP contribution < -0.4 is 5.32 Å². The number of rotatable bonds is 7. The fourth-order valence-electron chi connectivity index (χ4n) is 3.90. The molecule has 0 fully saturated rings. The molecule has 1 rings (SSSR count). The third-order valence-corrected chi connectivity index (χ3v) is 5.29. The molecule has 1 N–H and O–H groups in total. The van der Waals surface area contributed by atoms with Gasteiger partial charge in [-0.05, 0) is 101 Å². The molecule has 0 saturated carbocycles. The first kappa shape index (κ1) is 23.8. The van der Waals surface area contributed by atoms with Crippen LogP contribution in [0.5, 0.6) is 0 Å². The lowest BCUT2D eigenvalue weighted by molar-refractivity contribution is 0.878. The van der Waals surface area contributed by atoms with E-state index < -0.39 is 0 Å². The van der Waals surface area contributed by atoms with Crippen molar-refractivity contribution in [2.24, 2.45) is 0 Å². The minimum absolute atomic E-state index is 0.966. The van der Waals surface area contributed by atoms with Gasteiger partial charge in [-0.1, -0.05) is 56.0 Å². The second-order valence-corrected chi connectivity index (χ2v) is 7.59. The van der Waals surface area contributed by atoms with Crippen molar-refractivity contribution in [3.63, 3.8) is 0 Å². The van der Waals surface area contributed by atoms with Gasteiger partial charge in [0, 0.05) is 11.4 Å². The van der Waals surface area contributed by atoms with E-state index in [1.165, 1.54) is 44.7 Å². The highest BCUT2D eigenvalue weighted by molar-refractivity contribution is 5.58. The zero-order chi connectivity index (χ0) is 21.3. The first-order valence-corrected chi connectivity index (χ1v) is 10.4. The zero-order valence-electron chi connectivity index (χ0n) is 19.1. The van der Waals surface area contributed by atoms with E-state index in [4.69, 9.17) is 0 Å². The molecule has 1 aliphatic carbocycles. The van der Waals surface area contributed by atoms with E-state index in [1.807, 2.05) is 13.0 Å². The van der Waals surface area contributed by atoms with Gasteiger partial charge >= 0.3 is 0 Å². The predicted molar refractivity (Wildman–Crippen MR) is 127 cm³/mol. The molecule has 0 unspecified atom stereocenters. The Morgan fingerprint density at radius 3 is 2.25 bits per heavy atom. The van der Waals surface area contributed by atoms with Crippen LogP contribution in [-0.2, 0) is 0 Å². The van der Waals surface area contributed by atoms with Crippen molar-refractivity contribution < 1.29 is 0 Å². The van der Waals surface area contributed by atoms with E-state index in [0.29, 0.717) is 0 Å². The lowest BCUT2D eigenvalue weighted by Crippen LogP contribution is -2.15. The van der Waals surface area contributed by atoms with Crippen molar-refractivity contribution in [3.8, 4) is 0 Å². The molecule has 0 amide bonds. The molecule has 0 spiro atoms. The van der Waals surface area contributed by atoms with Crippen LogP contribution in [0.15, 0.2) is 93.9 Å². The van der Waals surface area contributed by atoms with Crippen LogP contribution in [0.1, 0.15) is 74.1 Å². The average molecular weight is 378 g/mol. The number of nitrogens with one attached hydrogen (secondary N) is 1. The van der Waals surface area contributed by atoms with Crippen LogP contribution in [-0.4, -0.2) is 0 Å². The van der Waals surface area contributed by atoms with Gasteiger partial charge < -0.3 is 5.32 Å². The van der Waals surface area contributed by atoms with Crippen molar-refractivity contribution in [2.75, 3.05) is 0 Å². The molecular formula is C27H39N. The second kappa shape index (κ2) is 11.5. The summed E-state index contributed by atoms with van der Waals surface area (Å²) in [5.41, 5.74) is 11.7. The molecule has 152 valence electrons. The maximum atomic E-state index is 4.09. The molecule has 0 saturated heterocycles. The van der Waals surface area contributed by atoms with Gasteiger partial charge in [0.05, 0.1) is 0 Å². The average Bonchev–Trinajstić information content (AvgIpc) is 2.78. The van der Waals surface area contributed by atoms with Gasteiger partial charge in [-0.3, -0.25) is 0 Å². The third-order valence-electron chi connectivity index (χ3n) is 5.29. The van der Waals surface area contributed by atoms with Gasteiger partial charge in [-0.25, -0.2) is 0 Å². The monoisotopic (exact) mass is 377 g/mol. The van der Waals surface area contributed by atoms with Crippen molar-refractivity contribution in [2.45, 2.75) is 74.1 Å². The molecule has 0 heterocycles. The molecule has 0 aromatic rings. The Bertz CT molecular complexity index is 788. The molecule has 1 aliphatic rings. The normalized spacial score (nSPS) is 21.1. The van der Waals surface area contributed by atoms with Gasteiger partial charge in [0.15, 0.2) is 0 Å². The molecule has 0 atom stereocenters. The van der Waals surface area contributed by atoms with Crippen molar-refractivity contribution in [3.05, 3.63) is 93.9 Å². The Hall–Kier alpha value is -2.28. The summed E-state index contributed by atoms with van der Waals surface area (Å²) in [4.78, 5) is 0. The fraction of sp³-hybridized carbons (Fsp3) is 0.407. The largest absolute Gasteiger partial charge is 0.359 e. The Morgan fingerprint density at radius 1 is 1.11 bits per heavy atom. The summed E-state index contributed by atoms with van der Waals surface area (Å²) in [6, 6.07) is 0. The van der Waals surface area contributed by atoms with E-state index in [1.54, 1.807) is 0 Å². The van der Waals surface area contributed by atoms with E-state index in [-0.39, 0.29) is 0 Å². The maximum Gasteiger partial charge on any atom is 0.0452 e.